The minimum Gasteiger partial charge on any atom is -0.486 e. The third-order valence-corrected chi connectivity index (χ3v) is 5.36. The van der Waals surface area contributed by atoms with Gasteiger partial charge in [-0.05, 0) is 61.0 Å². The van der Waals surface area contributed by atoms with E-state index in [4.69, 9.17) is 32.4 Å². The number of carbonyl (C=O) groups excluding carboxylic acids is 2. The predicted molar refractivity (Wildman–Crippen MR) is 123 cm³/mol. The van der Waals surface area contributed by atoms with Crippen LogP contribution in [0.25, 0.3) is 0 Å². The molecule has 0 bridgehead atoms. The molecule has 0 radical (unpaired) electrons. The summed E-state index contributed by atoms with van der Waals surface area (Å²) < 4.78 is 12.7. The first-order chi connectivity index (χ1) is 15.9. The summed E-state index contributed by atoms with van der Waals surface area (Å²) in [4.78, 5) is 27.9. The van der Waals surface area contributed by atoms with Gasteiger partial charge in [-0.2, -0.15) is 0 Å². The molecule has 0 saturated heterocycles. The summed E-state index contributed by atoms with van der Waals surface area (Å²) in [5.74, 6) is 0.783. The number of ketones is 1. The standard InChI is InChI=1S/C23H18Cl2N4O4/c1-14(30)16-3-5-17(6-4-16)32-12-18-7-9-21(33-18)22(31)27-23-26-13-29(28-23)11-15-2-8-19(24)20(25)10-15/h2-10,13H,11-12H2,1H3,(H,27,28,31). The maximum atomic E-state index is 12.5. The number of benzene rings is 2. The number of aromatic nitrogens is 3. The highest BCUT2D eigenvalue weighted by molar-refractivity contribution is 6.42. The number of hydrogen-bond donors (Lipinski definition) is 1. The molecule has 0 saturated carbocycles. The lowest BCUT2D eigenvalue weighted by atomic mass is 10.1. The van der Waals surface area contributed by atoms with Gasteiger partial charge in [-0.25, -0.2) is 9.67 Å². The van der Waals surface area contributed by atoms with Crippen LogP contribution in [0.1, 0.15) is 39.2 Å². The van der Waals surface area contributed by atoms with E-state index in [1.54, 1.807) is 53.2 Å². The zero-order chi connectivity index (χ0) is 23.4. The monoisotopic (exact) mass is 484 g/mol. The minimum atomic E-state index is -0.487. The zero-order valence-corrected chi connectivity index (χ0v) is 18.9. The third-order valence-electron chi connectivity index (χ3n) is 4.62. The van der Waals surface area contributed by atoms with Crippen LogP contribution in [0.15, 0.2) is 65.3 Å². The van der Waals surface area contributed by atoms with Gasteiger partial charge in [0.05, 0.1) is 16.6 Å². The number of ether oxygens (including phenoxy) is 1. The van der Waals surface area contributed by atoms with Gasteiger partial charge in [0.25, 0.3) is 5.91 Å². The van der Waals surface area contributed by atoms with Crippen LogP contribution in [0.5, 0.6) is 5.75 Å². The van der Waals surface area contributed by atoms with Gasteiger partial charge in [-0.3, -0.25) is 14.9 Å². The molecule has 0 spiro atoms. The number of amides is 1. The first kappa shape index (κ1) is 22.6. The Morgan fingerprint density at radius 1 is 1.06 bits per heavy atom. The maximum absolute atomic E-state index is 12.5. The number of nitrogens with zero attached hydrogens (tertiary/aromatic N) is 3. The fourth-order valence-electron chi connectivity index (χ4n) is 2.93. The molecule has 10 heteroatoms. The molecule has 0 fully saturated rings. The molecule has 1 N–H and O–H groups in total. The Hall–Kier alpha value is -3.62. The normalized spacial score (nSPS) is 10.8. The lowest BCUT2D eigenvalue weighted by molar-refractivity contribution is 0.0989. The van der Waals surface area contributed by atoms with Crippen molar-refractivity contribution in [3.63, 3.8) is 0 Å². The topological polar surface area (TPSA) is 99.2 Å². The van der Waals surface area contributed by atoms with Crippen LogP contribution in [-0.2, 0) is 13.2 Å². The molecule has 1 amide bonds. The molecular formula is C23H18Cl2N4O4. The van der Waals surface area contributed by atoms with Crippen LogP contribution < -0.4 is 10.1 Å². The van der Waals surface area contributed by atoms with E-state index in [0.717, 1.165) is 5.56 Å². The fraction of sp³-hybridized carbons (Fsp3) is 0.130. The molecule has 0 aliphatic rings. The van der Waals surface area contributed by atoms with Crippen molar-refractivity contribution in [2.24, 2.45) is 0 Å². The van der Waals surface area contributed by atoms with Gasteiger partial charge in [0.2, 0.25) is 5.95 Å². The lowest BCUT2D eigenvalue weighted by Crippen LogP contribution is -2.12. The van der Waals surface area contributed by atoms with Gasteiger partial charge >= 0.3 is 0 Å². The van der Waals surface area contributed by atoms with Crippen LogP contribution >= 0.6 is 23.2 Å². The fourth-order valence-corrected chi connectivity index (χ4v) is 3.25. The van der Waals surface area contributed by atoms with Crippen molar-refractivity contribution in [1.29, 1.82) is 0 Å². The van der Waals surface area contributed by atoms with Gasteiger partial charge < -0.3 is 9.15 Å². The molecular weight excluding hydrogens is 467 g/mol. The highest BCUT2D eigenvalue weighted by Gasteiger charge is 2.14. The summed E-state index contributed by atoms with van der Waals surface area (Å²) in [5, 5.41) is 7.75. The Labute approximate surface area is 199 Å². The van der Waals surface area contributed by atoms with Gasteiger partial charge in [-0.1, -0.05) is 29.3 Å². The number of hydrogen-bond acceptors (Lipinski definition) is 6. The van der Waals surface area contributed by atoms with E-state index in [-0.39, 0.29) is 24.1 Å². The lowest BCUT2D eigenvalue weighted by Gasteiger charge is -2.04. The Morgan fingerprint density at radius 2 is 1.85 bits per heavy atom. The Balaban J connectivity index is 1.32. The molecule has 168 valence electrons. The van der Waals surface area contributed by atoms with Crippen molar-refractivity contribution in [1.82, 2.24) is 14.8 Å². The summed E-state index contributed by atoms with van der Waals surface area (Å²) in [6.07, 6.45) is 1.50. The van der Waals surface area contributed by atoms with Gasteiger partial charge in [0.15, 0.2) is 11.5 Å². The number of Topliss-reactive ketones (excluding diaryl/α,β-unsaturated/α-hetero) is 1. The second-order valence-corrected chi connectivity index (χ2v) is 7.92. The Morgan fingerprint density at radius 3 is 2.58 bits per heavy atom. The van der Waals surface area contributed by atoms with Crippen LogP contribution in [0.3, 0.4) is 0 Å². The number of nitrogens with one attached hydrogen (secondary N) is 1. The summed E-state index contributed by atoms with van der Waals surface area (Å²) >= 11 is 12.0. The van der Waals surface area contributed by atoms with Crippen molar-refractivity contribution in [3.05, 3.63) is 93.6 Å². The summed E-state index contributed by atoms with van der Waals surface area (Å²) in [5.41, 5.74) is 1.49. The summed E-state index contributed by atoms with van der Waals surface area (Å²) in [6, 6.07) is 15.2. The number of anilines is 1. The molecule has 2 aromatic carbocycles. The zero-order valence-electron chi connectivity index (χ0n) is 17.4. The molecule has 4 aromatic rings. The van der Waals surface area contributed by atoms with Crippen molar-refractivity contribution < 1.29 is 18.7 Å². The van der Waals surface area contributed by atoms with E-state index in [1.807, 2.05) is 6.07 Å². The van der Waals surface area contributed by atoms with Gasteiger partial charge in [0.1, 0.15) is 24.4 Å². The minimum absolute atomic E-state index is 0.0167. The van der Waals surface area contributed by atoms with Crippen LogP contribution in [-0.4, -0.2) is 26.5 Å². The molecule has 33 heavy (non-hydrogen) atoms. The first-order valence-electron chi connectivity index (χ1n) is 9.84. The Kier molecular flexibility index (Phi) is 6.76. The molecule has 4 rings (SSSR count). The van der Waals surface area contributed by atoms with Crippen molar-refractivity contribution in [2.45, 2.75) is 20.1 Å². The highest BCUT2D eigenvalue weighted by atomic mass is 35.5. The second-order valence-electron chi connectivity index (χ2n) is 7.10. The summed E-state index contributed by atoms with van der Waals surface area (Å²) in [7, 11) is 0. The molecule has 2 aromatic heterocycles. The summed E-state index contributed by atoms with van der Waals surface area (Å²) in [6.45, 7) is 2.04. The average Bonchev–Trinajstić information content (AvgIpc) is 3.45. The van der Waals surface area contributed by atoms with Crippen LogP contribution in [0.4, 0.5) is 5.95 Å². The number of carbonyl (C=O) groups is 2. The van der Waals surface area contributed by atoms with Crippen LogP contribution in [0, 0.1) is 0 Å². The quantitative estimate of drug-likeness (QED) is 0.342. The Bertz CT molecular complexity index is 1300. The van der Waals surface area contributed by atoms with E-state index in [9.17, 15) is 9.59 Å². The van der Waals surface area contributed by atoms with Crippen molar-refractivity contribution in [2.75, 3.05) is 5.32 Å². The van der Waals surface area contributed by atoms with Crippen molar-refractivity contribution in [3.8, 4) is 5.75 Å². The molecule has 8 nitrogen and oxygen atoms in total. The van der Waals surface area contributed by atoms with E-state index in [0.29, 0.717) is 33.7 Å². The van der Waals surface area contributed by atoms with E-state index < -0.39 is 5.91 Å². The number of rotatable bonds is 8. The number of furan rings is 1. The SMILES string of the molecule is CC(=O)c1ccc(OCc2ccc(C(=O)Nc3ncn(Cc4ccc(Cl)c(Cl)c4)n3)o2)cc1. The largest absolute Gasteiger partial charge is 0.486 e. The number of halogens is 2. The third kappa shape index (κ3) is 5.79. The molecule has 2 heterocycles. The van der Waals surface area contributed by atoms with Gasteiger partial charge in [-0.15, -0.1) is 5.10 Å². The predicted octanol–water partition coefficient (Wildman–Crippen LogP) is 5.26. The molecule has 0 aliphatic heterocycles. The smallest absolute Gasteiger partial charge is 0.293 e. The first-order valence-corrected chi connectivity index (χ1v) is 10.6. The van der Waals surface area contributed by atoms with E-state index >= 15 is 0 Å². The average molecular weight is 485 g/mol. The van der Waals surface area contributed by atoms with E-state index in [1.165, 1.54) is 13.3 Å². The van der Waals surface area contributed by atoms with Crippen molar-refractivity contribution >= 4 is 40.8 Å². The molecule has 0 atom stereocenters. The molecule has 0 unspecified atom stereocenters. The molecule has 0 aliphatic carbocycles. The van der Waals surface area contributed by atoms with E-state index in [2.05, 4.69) is 15.4 Å². The van der Waals surface area contributed by atoms with Gasteiger partial charge in [0, 0.05) is 5.56 Å². The van der Waals surface area contributed by atoms with Crippen LogP contribution in [0.2, 0.25) is 10.0 Å². The highest BCUT2D eigenvalue weighted by Crippen LogP contribution is 2.23. The maximum Gasteiger partial charge on any atom is 0.293 e. The second kappa shape index (κ2) is 9.89.